The highest BCUT2D eigenvalue weighted by Crippen LogP contribution is 2.17. The van der Waals surface area contributed by atoms with Gasteiger partial charge in [-0.3, -0.25) is 0 Å². The van der Waals surface area contributed by atoms with E-state index in [4.69, 9.17) is 0 Å². The van der Waals surface area contributed by atoms with Crippen LogP contribution >= 0.6 is 0 Å². The fourth-order valence-electron chi connectivity index (χ4n) is 2.83. The van der Waals surface area contributed by atoms with Crippen LogP contribution in [0.4, 0.5) is 0 Å². The molecular weight excluding hydrogens is 220 g/mol. The Labute approximate surface area is 111 Å². The molecule has 1 heterocycles. The number of likely N-dealkylation sites (N-methyl/N-ethyl adjacent to an activating group) is 1. The van der Waals surface area contributed by atoms with Crippen molar-refractivity contribution in [2.45, 2.75) is 38.6 Å². The molecule has 100 valence electrons. The van der Waals surface area contributed by atoms with Crippen LogP contribution in [0.2, 0.25) is 0 Å². The van der Waals surface area contributed by atoms with E-state index in [1.165, 1.54) is 38.0 Å². The number of nitrogens with zero attached hydrogens (tertiary/aromatic N) is 1. The average molecular weight is 246 g/mol. The van der Waals surface area contributed by atoms with Crippen molar-refractivity contribution in [1.82, 2.24) is 10.2 Å². The molecule has 1 aromatic rings. The lowest BCUT2D eigenvalue weighted by atomic mass is 10.0. The van der Waals surface area contributed by atoms with Crippen LogP contribution < -0.4 is 5.32 Å². The van der Waals surface area contributed by atoms with Crippen LogP contribution in [0.25, 0.3) is 0 Å². The smallest absolute Gasteiger partial charge is 0.0195 e. The van der Waals surface area contributed by atoms with Gasteiger partial charge in [0, 0.05) is 19.1 Å². The Hall–Kier alpha value is -0.860. The Balaban J connectivity index is 1.85. The van der Waals surface area contributed by atoms with E-state index in [0.717, 1.165) is 6.54 Å². The second-order valence-corrected chi connectivity index (χ2v) is 5.46. The maximum atomic E-state index is 3.59. The van der Waals surface area contributed by atoms with Gasteiger partial charge in [0.1, 0.15) is 0 Å². The number of hydrogen-bond donors (Lipinski definition) is 1. The highest BCUT2D eigenvalue weighted by molar-refractivity contribution is 5.19. The molecule has 2 rings (SSSR count). The third kappa shape index (κ3) is 3.82. The molecule has 0 aromatic heterocycles. The Morgan fingerprint density at radius 2 is 2.11 bits per heavy atom. The SMILES string of the molecule is CCN(CC1CCCN1)CC(C)c1ccccc1. The lowest BCUT2D eigenvalue weighted by Crippen LogP contribution is -2.39. The number of rotatable bonds is 6. The summed E-state index contributed by atoms with van der Waals surface area (Å²) in [5.74, 6) is 0.618. The van der Waals surface area contributed by atoms with Gasteiger partial charge in [0.2, 0.25) is 0 Å². The fraction of sp³-hybridized carbons (Fsp3) is 0.625. The van der Waals surface area contributed by atoms with Crippen LogP contribution in [0.5, 0.6) is 0 Å². The minimum absolute atomic E-state index is 0.618. The van der Waals surface area contributed by atoms with Gasteiger partial charge in [-0.2, -0.15) is 0 Å². The lowest BCUT2D eigenvalue weighted by molar-refractivity contribution is 0.249. The summed E-state index contributed by atoms with van der Waals surface area (Å²) in [7, 11) is 0. The number of nitrogens with one attached hydrogen (secondary N) is 1. The Kier molecular flexibility index (Phi) is 5.21. The summed E-state index contributed by atoms with van der Waals surface area (Å²) in [5, 5.41) is 3.59. The molecule has 2 unspecified atom stereocenters. The van der Waals surface area contributed by atoms with Crippen molar-refractivity contribution in [3.05, 3.63) is 35.9 Å². The molecule has 2 heteroatoms. The summed E-state index contributed by atoms with van der Waals surface area (Å²) in [4.78, 5) is 2.58. The minimum Gasteiger partial charge on any atom is -0.313 e. The molecule has 2 atom stereocenters. The molecule has 0 bridgehead atoms. The van der Waals surface area contributed by atoms with Crippen LogP contribution in [0, 0.1) is 0 Å². The number of hydrogen-bond acceptors (Lipinski definition) is 2. The zero-order valence-electron chi connectivity index (χ0n) is 11.7. The normalized spacial score (nSPS) is 21.4. The van der Waals surface area contributed by atoms with E-state index >= 15 is 0 Å². The summed E-state index contributed by atoms with van der Waals surface area (Å²) in [5.41, 5.74) is 1.45. The van der Waals surface area contributed by atoms with Crippen molar-refractivity contribution in [1.29, 1.82) is 0 Å². The maximum Gasteiger partial charge on any atom is 0.0195 e. The minimum atomic E-state index is 0.618. The third-order valence-corrected chi connectivity index (χ3v) is 3.99. The molecule has 1 saturated heterocycles. The van der Waals surface area contributed by atoms with Crippen molar-refractivity contribution in [2.24, 2.45) is 0 Å². The average Bonchev–Trinajstić information content (AvgIpc) is 2.91. The predicted octanol–water partition coefficient (Wildman–Crippen LogP) is 2.86. The summed E-state index contributed by atoms with van der Waals surface area (Å²) in [6, 6.07) is 11.6. The molecule has 1 fully saturated rings. The van der Waals surface area contributed by atoms with Gasteiger partial charge >= 0.3 is 0 Å². The van der Waals surface area contributed by atoms with Gasteiger partial charge in [-0.15, -0.1) is 0 Å². The van der Waals surface area contributed by atoms with Crippen molar-refractivity contribution >= 4 is 0 Å². The summed E-state index contributed by atoms with van der Waals surface area (Å²) in [6.07, 6.45) is 2.69. The van der Waals surface area contributed by atoms with Crippen LogP contribution in [0.3, 0.4) is 0 Å². The molecule has 1 aliphatic heterocycles. The molecule has 1 aromatic carbocycles. The fourth-order valence-corrected chi connectivity index (χ4v) is 2.83. The van der Waals surface area contributed by atoms with Gasteiger partial charge in [-0.25, -0.2) is 0 Å². The van der Waals surface area contributed by atoms with E-state index in [-0.39, 0.29) is 0 Å². The highest BCUT2D eigenvalue weighted by atomic mass is 15.1. The Morgan fingerprint density at radius 1 is 1.33 bits per heavy atom. The predicted molar refractivity (Wildman–Crippen MR) is 78.0 cm³/mol. The van der Waals surface area contributed by atoms with Gasteiger partial charge in [-0.1, -0.05) is 44.2 Å². The molecule has 0 spiro atoms. The zero-order valence-corrected chi connectivity index (χ0v) is 11.7. The first kappa shape index (κ1) is 13.6. The Morgan fingerprint density at radius 3 is 2.72 bits per heavy atom. The molecule has 0 saturated carbocycles. The first-order chi connectivity index (χ1) is 8.79. The quantitative estimate of drug-likeness (QED) is 0.830. The zero-order chi connectivity index (χ0) is 12.8. The first-order valence-electron chi connectivity index (χ1n) is 7.30. The largest absolute Gasteiger partial charge is 0.313 e. The first-order valence-corrected chi connectivity index (χ1v) is 7.30. The van der Waals surface area contributed by atoms with E-state index in [1.807, 2.05) is 0 Å². The van der Waals surface area contributed by atoms with Crippen LogP contribution in [0.1, 0.15) is 38.2 Å². The molecule has 0 radical (unpaired) electrons. The van der Waals surface area contributed by atoms with Gasteiger partial charge in [0.15, 0.2) is 0 Å². The topological polar surface area (TPSA) is 15.3 Å². The molecule has 2 nitrogen and oxygen atoms in total. The van der Waals surface area contributed by atoms with Gasteiger partial charge < -0.3 is 10.2 Å². The van der Waals surface area contributed by atoms with E-state index in [2.05, 4.69) is 54.4 Å². The van der Waals surface area contributed by atoms with Crippen molar-refractivity contribution in [2.75, 3.05) is 26.2 Å². The van der Waals surface area contributed by atoms with E-state index in [1.54, 1.807) is 0 Å². The van der Waals surface area contributed by atoms with E-state index in [0.29, 0.717) is 12.0 Å². The second kappa shape index (κ2) is 6.91. The van der Waals surface area contributed by atoms with Crippen LogP contribution in [0.15, 0.2) is 30.3 Å². The van der Waals surface area contributed by atoms with Crippen molar-refractivity contribution in [3.63, 3.8) is 0 Å². The molecule has 0 amide bonds. The molecule has 1 N–H and O–H groups in total. The van der Waals surface area contributed by atoms with E-state index < -0.39 is 0 Å². The van der Waals surface area contributed by atoms with Gasteiger partial charge in [0.25, 0.3) is 0 Å². The molecular formula is C16H26N2. The molecule has 1 aliphatic rings. The Bertz CT molecular complexity index is 330. The van der Waals surface area contributed by atoms with Crippen molar-refractivity contribution in [3.8, 4) is 0 Å². The standard InChI is InChI=1S/C16H26N2/c1-3-18(13-16-10-7-11-17-16)12-14(2)15-8-5-4-6-9-15/h4-6,8-9,14,16-17H,3,7,10-13H2,1-2H3. The monoisotopic (exact) mass is 246 g/mol. The third-order valence-electron chi connectivity index (χ3n) is 3.99. The van der Waals surface area contributed by atoms with Crippen LogP contribution in [-0.4, -0.2) is 37.1 Å². The highest BCUT2D eigenvalue weighted by Gasteiger charge is 2.18. The van der Waals surface area contributed by atoms with Crippen LogP contribution in [-0.2, 0) is 0 Å². The van der Waals surface area contributed by atoms with Gasteiger partial charge in [-0.05, 0) is 37.4 Å². The second-order valence-electron chi connectivity index (χ2n) is 5.46. The summed E-state index contributed by atoms with van der Waals surface area (Å²) < 4.78 is 0. The van der Waals surface area contributed by atoms with Gasteiger partial charge in [0.05, 0.1) is 0 Å². The van der Waals surface area contributed by atoms with E-state index in [9.17, 15) is 0 Å². The molecule has 18 heavy (non-hydrogen) atoms. The number of benzene rings is 1. The molecule has 0 aliphatic carbocycles. The lowest BCUT2D eigenvalue weighted by Gasteiger charge is -2.27. The summed E-state index contributed by atoms with van der Waals surface area (Å²) >= 11 is 0. The summed E-state index contributed by atoms with van der Waals surface area (Å²) in [6.45, 7) is 9.32. The maximum absolute atomic E-state index is 3.59. The van der Waals surface area contributed by atoms with Crippen molar-refractivity contribution < 1.29 is 0 Å².